The van der Waals surface area contributed by atoms with Gasteiger partial charge in [0.15, 0.2) is 6.61 Å². The van der Waals surface area contributed by atoms with Crippen molar-refractivity contribution in [2.24, 2.45) is 29.6 Å². The number of nitrogens with zero attached hydrogens (tertiary/aromatic N) is 1. The Kier molecular flexibility index (Phi) is 7.15. The molecule has 234 valence electrons. The predicted octanol–water partition coefficient (Wildman–Crippen LogP) is 6.40. The summed E-state index contributed by atoms with van der Waals surface area (Å²) in [6.07, 6.45) is 0.766. The minimum atomic E-state index is -0.427. The van der Waals surface area contributed by atoms with E-state index in [0.717, 1.165) is 44.4 Å². The fourth-order valence-corrected chi connectivity index (χ4v) is 11.3. The maximum atomic E-state index is 14.1. The van der Waals surface area contributed by atoms with E-state index in [9.17, 15) is 19.2 Å². The smallest absolute Gasteiger partial charge is 0.305 e. The standard InChI is InChI=1S/C35H30ClN3O5S2/c1-16-7-10-19(11-8-16)39-33(41)28-21-14-22(29(28)34(39)42)30-27(21)26(31-32(45-30)38-35(43)46-31)20-13-18(36)9-12-24(20)44-15-25(40)37-23-6-4-3-5-17(23)2/h3-13,21-22,26-30H,14-15H2,1-2H3,(H,37,40)(H,38,43)/t21-,22-,26+,27-,28+,29+,30-/m1/s1. The van der Waals surface area contributed by atoms with Gasteiger partial charge in [0, 0.05) is 32.3 Å². The average Bonchev–Trinajstić information content (AvgIpc) is 3.77. The maximum Gasteiger partial charge on any atom is 0.305 e. The van der Waals surface area contributed by atoms with Crippen LogP contribution in [0, 0.1) is 43.4 Å². The number of nitrogens with one attached hydrogen (secondary N) is 2. The van der Waals surface area contributed by atoms with Crippen LogP contribution in [0.25, 0.3) is 0 Å². The second-order valence-electron chi connectivity index (χ2n) is 12.6. The van der Waals surface area contributed by atoms with Crippen molar-refractivity contribution in [1.82, 2.24) is 4.98 Å². The van der Waals surface area contributed by atoms with Crippen LogP contribution >= 0.6 is 34.7 Å². The summed E-state index contributed by atoms with van der Waals surface area (Å²) in [5.74, 6) is -1.30. The second kappa shape index (κ2) is 11.1. The highest BCUT2D eigenvalue weighted by Gasteiger charge is 2.69. The molecular formula is C35H30ClN3O5S2. The molecule has 3 heterocycles. The van der Waals surface area contributed by atoms with Gasteiger partial charge in [0.25, 0.3) is 5.91 Å². The highest BCUT2D eigenvalue weighted by atomic mass is 35.5. The molecule has 4 aromatic rings. The third kappa shape index (κ3) is 4.64. The number of carbonyl (C=O) groups is 3. The first-order valence-electron chi connectivity index (χ1n) is 15.3. The molecule has 3 aromatic carbocycles. The quantitative estimate of drug-likeness (QED) is 0.230. The number of carbonyl (C=O) groups excluding carboxylic acids is 3. The van der Waals surface area contributed by atoms with E-state index in [2.05, 4.69) is 10.3 Å². The highest BCUT2D eigenvalue weighted by Crippen LogP contribution is 2.69. The van der Waals surface area contributed by atoms with Gasteiger partial charge >= 0.3 is 4.87 Å². The molecular weight excluding hydrogens is 642 g/mol. The van der Waals surface area contributed by atoms with Crippen molar-refractivity contribution in [3.8, 4) is 5.75 Å². The zero-order valence-electron chi connectivity index (χ0n) is 25.0. The van der Waals surface area contributed by atoms with Crippen molar-refractivity contribution >= 4 is 63.8 Å². The molecule has 2 bridgehead atoms. The third-order valence-corrected chi connectivity index (χ3v) is 12.9. The lowest BCUT2D eigenvalue weighted by molar-refractivity contribution is -0.123. The van der Waals surface area contributed by atoms with E-state index in [1.54, 1.807) is 23.9 Å². The van der Waals surface area contributed by atoms with Crippen LogP contribution in [0.5, 0.6) is 5.75 Å². The fraction of sp³-hybridized carbons (Fsp3) is 0.314. The van der Waals surface area contributed by atoms with Crippen LogP contribution < -0.4 is 19.8 Å². The Labute approximate surface area is 278 Å². The fourth-order valence-electron chi connectivity index (χ4n) is 8.25. The van der Waals surface area contributed by atoms with E-state index in [-0.39, 0.29) is 64.0 Å². The zero-order chi connectivity index (χ0) is 31.9. The van der Waals surface area contributed by atoms with Crippen molar-refractivity contribution in [2.75, 3.05) is 16.8 Å². The van der Waals surface area contributed by atoms with Gasteiger partial charge in [0.2, 0.25) is 11.8 Å². The highest BCUT2D eigenvalue weighted by molar-refractivity contribution is 8.00. The molecule has 1 saturated heterocycles. The van der Waals surface area contributed by atoms with Gasteiger partial charge in [-0.05, 0) is 80.0 Å². The predicted molar refractivity (Wildman–Crippen MR) is 179 cm³/mol. The van der Waals surface area contributed by atoms with Gasteiger partial charge < -0.3 is 15.0 Å². The first kappa shape index (κ1) is 29.5. The summed E-state index contributed by atoms with van der Waals surface area (Å²) >= 11 is 9.39. The molecule has 11 heteroatoms. The molecule has 2 N–H and O–H groups in total. The summed E-state index contributed by atoms with van der Waals surface area (Å²) in [6, 6.07) is 20.4. The van der Waals surface area contributed by atoms with E-state index in [1.165, 1.54) is 4.90 Å². The number of benzene rings is 3. The number of aromatic nitrogens is 1. The molecule has 8 rings (SSSR count). The Morgan fingerprint density at radius 2 is 1.74 bits per heavy atom. The Bertz CT molecular complexity index is 1970. The molecule has 0 unspecified atom stereocenters. The molecule has 8 nitrogen and oxygen atoms in total. The maximum absolute atomic E-state index is 14.1. The molecule has 2 aliphatic carbocycles. The Morgan fingerprint density at radius 3 is 2.50 bits per heavy atom. The summed E-state index contributed by atoms with van der Waals surface area (Å²) in [7, 11) is 0. The molecule has 1 aromatic heterocycles. The molecule has 3 amide bonds. The van der Waals surface area contributed by atoms with Crippen molar-refractivity contribution in [2.45, 2.75) is 36.5 Å². The molecule has 7 atom stereocenters. The van der Waals surface area contributed by atoms with Crippen LogP contribution in [0.1, 0.15) is 33.9 Å². The van der Waals surface area contributed by atoms with E-state index < -0.39 is 5.92 Å². The average molecular weight is 672 g/mol. The van der Waals surface area contributed by atoms with Crippen LogP contribution in [0.15, 0.2) is 76.6 Å². The number of ether oxygens (including phenoxy) is 1. The van der Waals surface area contributed by atoms with Gasteiger partial charge in [-0.25, -0.2) is 0 Å². The van der Waals surface area contributed by atoms with Gasteiger partial charge in [-0.2, -0.15) is 0 Å². The molecule has 46 heavy (non-hydrogen) atoms. The number of hydrogen-bond donors (Lipinski definition) is 2. The summed E-state index contributed by atoms with van der Waals surface area (Å²) in [5.41, 5.74) is 4.10. The second-order valence-corrected chi connectivity index (χ2v) is 15.3. The Hall–Kier alpha value is -3.86. The van der Waals surface area contributed by atoms with Crippen molar-refractivity contribution in [1.29, 1.82) is 0 Å². The van der Waals surface area contributed by atoms with E-state index in [1.807, 2.05) is 68.4 Å². The number of aromatic amines is 1. The lowest BCUT2D eigenvalue weighted by Gasteiger charge is -2.43. The van der Waals surface area contributed by atoms with Crippen molar-refractivity contribution < 1.29 is 19.1 Å². The van der Waals surface area contributed by atoms with E-state index in [0.29, 0.717) is 22.1 Å². The van der Waals surface area contributed by atoms with Crippen molar-refractivity contribution in [3.05, 3.63) is 103 Å². The van der Waals surface area contributed by atoms with E-state index in [4.69, 9.17) is 16.3 Å². The minimum absolute atomic E-state index is 0.0138. The molecule has 0 radical (unpaired) electrons. The SMILES string of the molecule is Cc1ccc(N2C(=O)[C@H]3[C@H]4C[C@@H]([C@@H]3C2=O)[C@@H]2[C@H](c3cc(Cl)ccc3OCC(=O)Nc3ccccc3C)c3sc(=O)[nH]c3S[C@H]42)cc1. The number of para-hydroxylation sites is 1. The van der Waals surface area contributed by atoms with Gasteiger partial charge in [0.1, 0.15) is 5.75 Å². The van der Waals surface area contributed by atoms with Crippen LogP contribution in [-0.2, 0) is 14.4 Å². The lowest BCUT2D eigenvalue weighted by atomic mass is 9.68. The summed E-state index contributed by atoms with van der Waals surface area (Å²) in [6.45, 7) is 3.68. The molecule has 3 fully saturated rings. The lowest BCUT2D eigenvalue weighted by Crippen LogP contribution is -2.42. The number of thioether (sulfide) groups is 1. The number of H-pyrrole nitrogens is 1. The van der Waals surface area contributed by atoms with Gasteiger partial charge in [-0.1, -0.05) is 58.8 Å². The topological polar surface area (TPSA) is 109 Å². The zero-order valence-corrected chi connectivity index (χ0v) is 27.4. The molecule has 2 aliphatic heterocycles. The first-order chi connectivity index (χ1) is 22.2. The summed E-state index contributed by atoms with van der Waals surface area (Å²) in [4.78, 5) is 58.8. The molecule has 4 aliphatic rings. The number of thiazole rings is 1. The number of halogens is 1. The van der Waals surface area contributed by atoms with Gasteiger partial charge in [0.05, 0.1) is 22.5 Å². The third-order valence-electron chi connectivity index (χ3n) is 10.1. The van der Waals surface area contributed by atoms with Crippen molar-refractivity contribution in [3.63, 3.8) is 0 Å². The van der Waals surface area contributed by atoms with Crippen LogP contribution in [-0.4, -0.2) is 34.6 Å². The number of fused-ring (bicyclic) bond motifs is 9. The monoisotopic (exact) mass is 671 g/mol. The number of amides is 3. The summed E-state index contributed by atoms with van der Waals surface area (Å²) < 4.78 is 6.19. The van der Waals surface area contributed by atoms with Gasteiger partial charge in [-0.3, -0.25) is 24.1 Å². The Morgan fingerprint density at radius 1 is 1.00 bits per heavy atom. The number of rotatable bonds is 6. The van der Waals surface area contributed by atoms with Crippen LogP contribution in [0.4, 0.5) is 11.4 Å². The normalized spacial score (nSPS) is 27.4. The van der Waals surface area contributed by atoms with Crippen LogP contribution in [0.3, 0.4) is 0 Å². The first-order valence-corrected chi connectivity index (χ1v) is 17.4. The number of hydrogen-bond acceptors (Lipinski definition) is 7. The Balaban J connectivity index is 1.15. The largest absolute Gasteiger partial charge is 0.483 e. The van der Waals surface area contributed by atoms with E-state index >= 15 is 0 Å². The molecule has 2 saturated carbocycles. The van der Waals surface area contributed by atoms with Gasteiger partial charge in [-0.15, -0.1) is 11.8 Å². The number of anilines is 2. The number of aryl methyl sites for hydroxylation is 2. The molecule has 0 spiro atoms. The summed E-state index contributed by atoms with van der Waals surface area (Å²) in [5, 5.41) is 4.22. The minimum Gasteiger partial charge on any atom is -0.483 e. The van der Waals surface area contributed by atoms with Crippen LogP contribution in [0.2, 0.25) is 5.02 Å². The number of imide groups is 1.